The quantitative estimate of drug-likeness (QED) is 0.635. The predicted octanol–water partition coefficient (Wildman–Crippen LogP) is 1.71. The Balaban J connectivity index is 0.000000354. The lowest BCUT2D eigenvalue weighted by Gasteiger charge is -2.20. The molecule has 3 N–H and O–H groups in total. The van der Waals surface area contributed by atoms with Gasteiger partial charge in [0.05, 0.1) is 0 Å². The minimum atomic E-state index is -0.750. The average Bonchev–Trinajstić information content (AvgIpc) is 2.08. The minimum absolute atomic E-state index is 0.356. The zero-order valence-electron chi connectivity index (χ0n) is 7.36. The van der Waals surface area contributed by atoms with E-state index in [4.69, 9.17) is 0 Å². The van der Waals surface area contributed by atoms with E-state index in [1.807, 2.05) is 0 Å². The van der Waals surface area contributed by atoms with E-state index in [0.717, 1.165) is 0 Å². The van der Waals surface area contributed by atoms with Gasteiger partial charge in [0.2, 0.25) is 0 Å². The number of halogens is 2. The monoisotopic (exact) mass is 180 g/mol. The fourth-order valence-electron chi connectivity index (χ4n) is 1.42. The highest BCUT2D eigenvalue weighted by molar-refractivity contribution is 4.69. The van der Waals surface area contributed by atoms with E-state index in [1.165, 1.54) is 32.1 Å². The van der Waals surface area contributed by atoms with Crippen molar-refractivity contribution in [3.05, 3.63) is 0 Å². The molecule has 0 aromatic heterocycles. The van der Waals surface area contributed by atoms with E-state index < -0.39 is 6.80 Å². The first kappa shape index (κ1) is 11.8. The van der Waals surface area contributed by atoms with Crippen molar-refractivity contribution in [3.8, 4) is 0 Å². The van der Waals surface area contributed by atoms with Crippen LogP contribution in [0, 0.1) is 0 Å². The fraction of sp³-hybridized carbons (Fsp3) is 1.00. The van der Waals surface area contributed by atoms with Crippen LogP contribution in [0.1, 0.15) is 32.1 Å². The second kappa shape index (κ2) is 8.87. The first-order valence-corrected chi connectivity index (χ1v) is 4.40. The first-order chi connectivity index (χ1) is 5.85. The fourth-order valence-corrected chi connectivity index (χ4v) is 1.42. The van der Waals surface area contributed by atoms with Crippen LogP contribution >= 0.6 is 0 Å². The van der Waals surface area contributed by atoms with Crippen molar-refractivity contribution in [1.29, 1.82) is 0 Å². The summed E-state index contributed by atoms with van der Waals surface area (Å²) in [6, 6.07) is 0.476. The van der Waals surface area contributed by atoms with Crippen molar-refractivity contribution in [2.75, 3.05) is 13.6 Å². The SMILES string of the molecule is FCNC1CCCCC1.NCF. The van der Waals surface area contributed by atoms with Gasteiger partial charge < -0.3 is 5.73 Å². The first-order valence-electron chi connectivity index (χ1n) is 4.40. The summed E-state index contributed by atoms with van der Waals surface area (Å²) in [5.74, 6) is 0. The Bertz CT molecular complexity index is 82.4. The van der Waals surface area contributed by atoms with E-state index in [0.29, 0.717) is 6.04 Å². The molecule has 0 aromatic carbocycles. The lowest BCUT2D eigenvalue weighted by Crippen LogP contribution is -2.29. The Kier molecular flexibility index (Phi) is 8.71. The average molecular weight is 180 g/mol. The predicted molar refractivity (Wildman–Crippen MR) is 46.1 cm³/mol. The molecule has 1 fully saturated rings. The molecule has 1 saturated carbocycles. The van der Waals surface area contributed by atoms with Crippen LogP contribution in [0.2, 0.25) is 0 Å². The van der Waals surface area contributed by atoms with Crippen LogP contribution in [-0.4, -0.2) is 19.6 Å². The molecule has 1 rings (SSSR count). The van der Waals surface area contributed by atoms with E-state index in [2.05, 4.69) is 11.1 Å². The molecule has 0 amide bonds. The van der Waals surface area contributed by atoms with E-state index in [-0.39, 0.29) is 6.80 Å². The van der Waals surface area contributed by atoms with Gasteiger partial charge in [0.1, 0.15) is 13.6 Å². The van der Waals surface area contributed by atoms with Crippen LogP contribution in [-0.2, 0) is 0 Å². The lowest BCUT2D eigenvalue weighted by molar-refractivity contribution is 0.316. The maximum absolute atomic E-state index is 11.7. The molecule has 0 aromatic rings. The Labute approximate surface area is 72.5 Å². The van der Waals surface area contributed by atoms with Crippen molar-refractivity contribution in [3.63, 3.8) is 0 Å². The molecule has 12 heavy (non-hydrogen) atoms. The zero-order chi connectivity index (χ0) is 9.23. The molecule has 74 valence electrons. The summed E-state index contributed by atoms with van der Waals surface area (Å²) in [5, 5.41) is 2.82. The third-order valence-electron chi connectivity index (χ3n) is 1.97. The van der Waals surface area contributed by atoms with Crippen molar-refractivity contribution >= 4 is 0 Å². The van der Waals surface area contributed by atoms with Gasteiger partial charge in [-0.15, -0.1) is 0 Å². The molecule has 1 aliphatic carbocycles. The molecule has 0 spiro atoms. The Hall–Kier alpha value is -0.220. The van der Waals surface area contributed by atoms with Crippen molar-refractivity contribution < 1.29 is 8.78 Å². The summed E-state index contributed by atoms with van der Waals surface area (Å²) in [4.78, 5) is 0. The Morgan fingerprint density at radius 1 is 1.17 bits per heavy atom. The highest BCUT2D eigenvalue weighted by atomic mass is 19.1. The summed E-state index contributed by atoms with van der Waals surface area (Å²) in [6.07, 6.45) is 6.23. The van der Waals surface area contributed by atoms with Gasteiger partial charge in [-0.1, -0.05) is 19.3 Å². The molecule has 2 nitrogen and oxygen atoms in total. The second-order valence-electron chi connectivity index (χ2n) is 2.83. The van der Waals surface area contributed by atoms with Gasteiger partial charge in [-0.25, -0.2) is 8.78 Å². The Morgan fingerprint density at radius 2 is 1.67 bits per heavy atom. The summed E-state index contributed by atoms with van der Waals surface area (Å²) in [6.45, 7) is -1.11. The van der Waals surface area contributed by atoms with Gasteiger partial charge in [0.15, 0.2) is 0 Å². The van der Waals surface area contributed by atoms with Crippen molar-refractivity contribution in [2.45, 2.75) is 38.1 Å². The van der Waals surface area contributed by atoms with Gasteiger partial charge in [-0.05, 0) is 12.8 Å². The molecule has 0 unspecified atom stereocenters. The van der Waals surface area contributed by atoms with Gasteiger partial charge in [0.25, 0.3) is 0 Å². The molecule has 0 aliphatic heterocycles. The molecule has 1 aliphatic rings. The van der Waals surface area contributed by atoms with Crippen LogP contribution in [0.3, 0.4) is 0 Å². The third kappa shape index (κ3) is 6.49. The zero-order valence-corrected chi connectivity index (χ0v) is 7.36. The van der Waals surface area contributed by atoms with Gasteiger partial charge in [-0.3, -0.25) is 5.32 Å². The number of alkyl halides is 2. The summed E-state index contributed by atoms with van der Waals surface area (Å²) in [5.41, 5.74) is 4.18. The van der Waals surface area contributed by atoms with Crippen LogP contribution < -0.4 is 11.1 Å². The van der Waals surface area contributed by atoms with E-state index in [1.54, 1.807) is 0 Å². The Morgan fingerprint density at radius 3 is 2.08 bits per heavy atom. The highest BCUT2D eigenvalue weighted by Crippen LogP contribution is 2.16. The van der Waals surface area contributed by atoms with Crippen LogP contribution in [0.25, 0.3) is 0 Å². The maximum atomic E-state index is 11.7. The number of rotatable bonds is 2. The topological polar surface area (TPSA) is 38.0 Å². The maximum Gasteiger partial charge on any atom is 0.140 e. The van der Waals surface area contributed by atoms with Crippen LogP contribution in [0.5, 0.6) is 0 Å². The lowest BCUT2D eigenvalue weighted by atomic mass is 9.96. The minimum Gasteiger partial charge on any atom is -0.304 e. The van der Waals surface area contributed by atoms with Gasteiger partial charge in [0, 0.05) is 6.04 Å². The number of hydrogen-bond acceptors (Lipinski definition) is 2. The third-order valence-corrected chi connectivity index (χ3v) is 1.97. The number of nitrogens with two attached hydrogens (primary N) is 1. The van der Waals surface area contributed by atoms with Gasteiger partial charge >= 0.3 is 0 Å². The molecular weight excluding hydrogens is 162 g/mol. The summed E-state index contributed by atoms with van der Waals surface area (Å²) < 4.78 is 21.7. The highest BCUT2D eigenvalue weighted by Gasteiger charge is 2.11. The summed E-state index contributed by atoms with van der Waals surface area (Å²) >= 11 is 0. The van der Waals surface area contributed by atoms with Gasteiger partial charge in [-0.2, -0.15) is 0 Å². The molecule has 0 radical (unpaired) electrons. The normalized spacial score (nSPS) is 18.2. The van der Waals surface area contributed by atoms with Crippen molar-refractivity contribution in [2.24, 2.45) is 5.73 Å². The second-order valence-corrected chi connectivity index (χ2v) is 2.83. The molecule has 0 bridgehead atoms. The largest absolute Gasteiger partial charge is 0.304 e. The molecular formula is C8H18F2N2. The smallest absolute Gasteiger partial charge is 0.140 e. The number of hydrogen-bond donors (Lipinski definition) is 2. The van der Waals surface area contributed by atoms with Crippen LogP contribution in [0.4, 0.5) is 8.78 Å². The molecule has 0 atom stereocenters. The standard InChI is InChI=1S/C7H14FN.CH4FN/c8-6-9-7-4-2-1-3-5-7;2-1-3/h7,9H,1-6H2;1,3H2. The molecule has 0 saturated heterocycles. The van der Waals surface area contributed by atoms with E-state index in [9.17, 15) is 8.78 Å². The molecule has 4 heteroatoms. The van der Waals surface area contributed by atoms with Crippen LogP contribution in [0.15, 0.2) is 0 Å². The number of nitrogens with one attached hydrogen (secondary N) is 1. The summed E-state index contributed by atoms with van der Waals surface area (Å²) in [7, 11) is 0. The molecule has 0 heterocycles. The van der Waals surface area contributed by atoms with Crippen molar-refractivity contribution in [1.82, 2.24) is 5.32 Å². The van der Waals surface area contributed by atoms with E-state index >= 15 is 0 Å².